The van der Waals surface area contributed by atoms with Gasteiger partial charge in [0.05, 0.1) is 17.5 Å². The summed E-state index contributed by atoms with van der Waals surface area (Å²) < 4.78 is 29.2. The van der Waals surface area contributed by atoms with Crippen molar-refractivity contribution in [3.8, 4) is 0 Å². The van der Waals surface area contributed by atoms with Crippen molar-refractivity contribution < 1.29 is 22.5 Å². The molecule has 0 radical (unpaired) electrons. The summed E-state index contributed by atoms with van der Waals surface area (Å²) in [6.45, 7) is 2.15. The van der Waals surface area contributed by atoms with Crippen LogP contribution in [0.4, 0.5) is 4.79 Å². The van der Waals surface area contributed by atoms with Gasteiger partial charge in [-0.25, -0.2) is 4.79 Å². The lowest BCUT2D eigenvalue weighted by Crippen LogP contribution is -2.45. The van der Waals surface area contributed by atoms with Crippen molar-refractivity contribution in [2.45, 2.75) is 37.1 Å². The Morgan fingerprint density at radius 1 is 1.33 bits per heavy atom. The highest BCUT2D eigenvalue weighted by Gasteiger charge is 2.28. The summed E-state index contributed by atoms with van der Waals surface area (Å²) in [6.07, 6.45) is 1.27. The van der Waals surface area contributed by atoms with Gasteiger partial charge in [0.2, 0.25) is 0 Å². The van der Waals surface area contributed by atoms with E-state index in [0.29, 0.717) is 13.0 Å². The molecule has 1 aliphatic rings. The molecular formula is C14H19NO5S. The lowest BCUT2D eigenvalue weighted by atomic mass is 10.0. The van der Waals surface area contributed by atoms with Crippen LogP contribution in [0.25, 0.3) is 0 Å². The second-order valence-electron chi connectivity index (χ2n) is 5.18. The molecule has 0 aromatic heterocycles. The van der Waals surface area contributed by atoms with Gasteiger partial charge in [-0.3, -0.25) is 4.18 Å². The normalized spacial score (nSPS) is 19.5. The third kappa shape index (κ3) is 3.95. The Morgan fingerprint density at radius 3 is 2.62 bits per heavy atom. The minimum Gasteiger partial charge on any atom is -0.465 e. The van der Waals surface area contributed by atoms with E-state index >= 15 is 0 Å². The Balaban J connectivity index is 2.03. The van der Waals surface area contributed by atoms with Crippen LogP contribution in [0.5, 0.6) is 0 Å². The van der Waals surface area contributed by atoms with Gasteiger partial charge < -0.3 is 10.0 Å². The summed E-state index contributed by atoms with van der Waals surface area (Å²) >= 11 is 0. The van der Waals surface area contributed by atoms with E-state index in [9.17, 15) is 13.2 Å². The highest BCUT2D eigenvalue weighted by Crippen LogP contribution is 2.20. The summed E-state index contributed by atoms with van der Waals surface area (Å²) in [5.41, 5.74) is 0.957. The molecule has 2 rings (SSSR count). The Kier molecular flexibility index (Phi) is 4.84. The van der Waals surface area contributed by atoms with Crippen molar-refractivity contribution in [2.75, 3.05) is 13.2 Å². The number of rotatable bonds is 4. The Labute approximate surface area is 124 Å². The molecule has 0 saturated carbocycles. The number of piperidine rings is 1. The van der Waals surface area contributed by atoms with E-state index in [2.05, 4.69) is 0 Å². The van der Waals surface area contributed by atoms with Gasteiger partial charge >= 0.3 is 6.09 Å². The van der Waals surface area contributed by atoms with Crippen LogP contribution in [0.2, 0.25) is 0 Å². The van der Waals surface area contributed by atoms with Gasteiger partial charge in [0, 0.05) is 6.54 Å². The molecule has 21 heavy (non-hydrogen) atoms. The first-order valence-corrected chi connectivity index (χ1v) is 8.26. The van der Waals surface area contributed by atoms with E-state index in [1.807, 2.05) is 6.92 Å². The van der Waals surface area contributed by atoms with Gasteiger partial charge in [0.15, 0.2) is 0 Å². The topological polar surface area (TPSA) is 83.9 Å². The van der Waals surface area contributed by atoms with Gasteiger partial charge in [-0.05, 0) is 38.3 Å². The van der Waals surface area contributed by atoms with Crippen molar-refractivity contribution in [2.24, 2.45) is 0 Å². The molecule has 0 spiro atoms. The smallest absolute Gasteiger partial charge is 0.407 e. The van der Waals surface area contributed by atoms with Crippen LogP contribution in [0.1, 0.15) is 24.8 Å². The van der Waals surface area contributed by atoms with E-state index in [-0.39, 0.29) is 11.5 Å². The standard InChI is InChI=1S/C14H19NO5S/c1-11-5-7-13(8-6-11)21(18,19)20-10-12-4-2-3-9-15(12)14(16)17/h5-8,12H,2-4,9-10H2,1H3,(H,16,17). The van der Waals surface area contributed by atoms with Crippen molar-refractivity contribution in [3.05, 3.63) is 29.8 Å². The maximum atomic E-state index is 12.1. The minimum atomic E-state index is -3.85. The molecule has 6 nitrogen and oxygen atoms in total. The second kappa shape index (κ2) is 6.44. The first-order valence-electron chi connectivity index (χ1n) is 6.86. The van der Waals surface area contributed by atoms with E-state index in [0.717, 1.165) is 18.4 Å². The molecule has 1 unspecified atom stereocenters. The Morgan fingerprint density at radius 2 is 2.00 bits per heavy atom. The summed E-state index contributed by atoms with van der Waals surface area (Å²) in [7, 11) is -3.85. The quantitative estimate of drug-likeness (QED) is 0.862. The van der Waals surface area contributed by atoms with Gasteiger partial charge in [0.1, 0.15) is 0 Å². The van der Waals surface area contributed by atoms with E-state index in [1.54, 1.807) is 12.1 Å². The van der Waals surface area contributed by atoms with E-state index < -0.39 is 22.3 Å². The summed E-state index contributed by atoms with van der Waals surface area (Å²) in [4.78, 5) is 12.5. The molecular weight excluding hydrogens is 294 g/mol. The average molecular weight is 313 g/mol. The van der Waals surface area contributed by atoms with Crippen molar-refractivity contribution >= 4 is 16.2 Å². The number of hydrogen-bond acceptors (Lipinski definition) is 4. The molecule has 116 valence electrons. The van der Waals surface area contributed by atoms with Crippen LogP contribution in [-0.4, -0.2) is 43.7 Å². The second-order valence-corrected chi connectivity index (χ2v) is 6.79. The molecule has 1 aromatic carbocycles. The number of nitrogens with zero attached hydrogens (tertiary/aromatic N) is 1. The van der Waals surface area contributed by atoms with Crippen LogP contribution < -0.4 is 0 Å². The maximum absolute atomic E-state index is 12.1. The molecule has 1 heterocycles. The lowest BCUT2D eigenvalue weighted by molar-refractivity contribution is 0.0849. The maximum Gasteiger partial charge on any atom is 0.407 e. The number of aryl methyl sites for hydroxylation is 1. The van der Waals surface area contributed by atoms with Crippen LogP contribution in [0.15, 0.2) is 29.2 Å². The highest BCUT2D eigenvalue weighted by atomic mass is 32.2. The van der Waals surface area contributed by atoms with E-state index in [4.69, 9.17) is 9.29 Å². The van der Waals surface area contributed by atoms with Crippen LogP contribution in [0, 0.1) is 6.92 Å². The average Bonchev–Trinajstić information content (AvgIpc) is 2.46. The monoisotopic (exact) mass is 313 g/mol. The fraction of sp³-hybridized carbons (Fsp3) is 0.500. The summed E-state index contributed by atoms with van der Waals surface area (Å²) in [6, 6.07) is 5.96. The van der Waals surface area contributed by atoms with Crippen molar-refractivity contribution in [1.82, 2.24) is 4.90 Å². The van der Waals surface area contributed by atoms with Gasteiger partial charge in [-0.2, -0.15) is 8.42 Å². The van der Waals surface area contributed by atoms with Crippen LogP contribution in [-0.2, 0) is 14.3 Å². The molecule has 1 atom stereocenters. The molecule has 1 aliphatic heterocycles. The molecule has 1 saturated heterocycles. The molecule has 7 heteroatoms. The largest absolute Gasteiger partial charge is 0.465 e. The van der Waals surface area contributed by atoms with Gasteiger partial charge in [0.25, 0.3) is 10.1 Å². The molecule has 1 aromatic rings. The van der Waals surface area contributed by atoms with Crippen LogP contribution >= 0.6 is 0 Å². The highest BCUT2D eigenvalue weighted by molar-refractivity contribution is 7.86. The predicted octanol–water partition coefficient (Wildman–Crippen LogP) is 2.23. The predicted molar refractivity (Wildman–Crippen MR) is 76.7 cm³/mol. The first-order chi connectivity index (χ1) is 9.90. The van der Waals surface area contributed by atoms with Gasteiger partial charge in [-0.1, -0.05) is 17.7 Å². The summed E-state index contributed by atoms with van der Waals surface area (Å²) in [5.74, 6) is 0. The Hall–Kier alpha value is -1.60. The Bertz CT molecular complexity index is 596. The zero-order valence-electron chi connectivity index (χ0n) is 11.9. The zero-order chi connectivity index (χ0) is 15.5. The molecule has 1 N–H and O–H groups in total. The number of carboxylic acid groups (broad SMARTS) is 1. The number of amides is 1. The first kappa shape index (κ1) is 15.8. The minimum absolute atomic E-state index is 0.0887. The number of carbonyl (C=O) groups is 1. The van der Waals surface area contributed by atoms with Crippen LogP contribution in [0.3, 0.4) is 0 Å². The van der Waals surface area contributed by atoms with Gasteiger partial charge in [-0.15, -0.1) is 0 Å². The number of hydrogen-bond donors (Lipinski definition) is 1. The molecule has 0 bridgehead atoms. The fourth-order valence-electron chi connectivity index (χ4n) is 2.37. The number of benzene rings is 1. The third-order valence-corrected chi connectivity index (χ3v) is 4.89. The fourth-order valence-corrected chi connectivity index (χ4v) is 3.31. The van der Waals surface area contributed by atoms with Crippen molar-refractivity contribution in [1.29, 1.82) is 0 Å². The van der Waals surface area contributed by atoms with E-state index in [1.165, 1.54) is 17.0 Å². The SMILES string of the molecule is Cc1ccc(S(=O)(=O)OCC2CCCCN2C(=O)O)cc1. The lowest BCUT2D eigenvalue weighted by Gasteiger charge is -2.32. The third-order valence-electron chi connectivity index (χ3n) is 3.60. The zero-order valence-corrected chi connectivity index (χ0v) is 12.7. The van der Waals surface area contributed by atoms with Crippen molar-refractivity contribution in [3.63, 3.8) is 0 Å². The molecule has 0 aliphatic carbocycles. The summed E-state index contributed by atoms with van der Waals surface area (Å²) in [5, 5.41) is 9.11. The molecule has 1 fully saturated rings. The number of likely N-dealkylation sites (tertiary alicyclic amines) is 1. The molecule has 1 amide bonds.